The first-order chi connectivity index (χ1) is 8.41. The van der Waals surface area contributed by atoms with Crippen molar-refractivity contribution in [2.24, 2.45) is 0 Å². The van der Waals surface area contributed by atoms with Gasteiger partial charge in [0.15, 0.2) is 6.29 Å². The third kappa shape index (κ3) is 2.55. The van der Waals surface area contributed by atoms with Gasteiger partial charge in [-0.05, 0) is 40.8 Å². The van der Waals surface area contributed by atoms with Crippen LogP contribution in [-0.4, -0.2) is 16.3 Å². The largest absolute Gasteiger partial charge is 0.416 e. The maximum absolute atomic E-state index is 12.6. The number of hydrogen-bond acceptors (Lipinski definition) is 2. The number of benzene rings is 1. The van der Waals surface area contributed by atoms with Crippen molar-refractivity contribution in [3.05, 3.63) is 39.2 Å². The SMILES string of the molecule is O=Cc1cnc(-c2cc(C(F)(F)F)ccc2I)[nH]1. The average Bonchev–Trinajstić information content (AvgIpc) is 2.76. The first-order valence-corrected chi connectivity index (χ1v) is 5.87. The lowest BCUT2D eigenvalue weighted by Crippen LogP contribution is -2.05. The molecule has 0 aliphatic carbocycles. The number of H-pyrrole nitrogens is 1. The Hall–Kier alpha value is -1.38. The highest BCUT2D eigenvalue weighted by Gasteiger charge is 2.31. The summed E-state index contributed by atoms with van der Waals surface area (Å²) >= 11 is 1.91. The number of rotatable bonds is 2. The Balaban J connectivity index is 2.52. The third-order valence-electron chi connectivity index (χ3n) is 2.27. The molecule has 0 saturated heterocycles. The van der Waals surface area contributed by atoms with Crippen LogP contribution in [0.2, 0.25) is 0 Å². The predicted molar refractivity (Wildman–Crippen MR) is 67.1 cm³/mol. The van der Waals surface area contributed by atoms with E-state index in [1.807, 2.05) is 22.6 Å². The molecule has 1 heterocycles. The Morgan fingerprint density at radius 2 is 2.06 bits per heavy atom. The zero-order valence-electron chi connectivity index (χ0n) is 8.75. The summed E-state index contributed by atoms with van der Waals surface area (Å²) in [4.78, 5) is 17.0. The molecule has 1 aromatic heterocycles. The fourth-order valence-corrected chi connectivity index (χ4v) is 2.01. The maximum atomic E-state index is 12.6. The minimum Gasteiger partial charge on any atom is -0.336 e. The van der Waals surface area contributed by atoms with Crippen LogP contribution in [-0.2, 0) is 6.18 Å². The molecule has 1 aromatic carbocycles. The number of alkyl halides is 3. The summed E-state index contributed by atoms with van der Waals surface area (Å²) < 4.78 is 38.4. The molecule has 0 spiro atoms. The van der Waals surface area contributed by atoms with Crippen molar-refractivity contribution in [3.63, 3.8) is 0 Å². The van der Waals surface area contributed by atoms with Gasteiger partial charge in [0.1, 0.15) is 5.82 Å². The van der Waals surface area contributed by atoms with Crippen molar-refractivity contribution in [1.29, 1.82) is 0 Å². The number of nitrogens with one attached hydrogen (secondary N) is 1. The van der Waals surface area contributed by atoms with Gasteiger partial charge in [-0.3, -0.25) is 4.79 Å². The fourth-order valence-electron chi connectivity index (χ4n) is 1.42. The number of aromatic nitrogens is 2. The van der Waals surface area contributed by atoms with Crippen molar-refractivity contribution in [1.82, 2.24) is 9.97 Å². The Morgan fingerprint density at radius 1 is 1.33 bits per heavy atom. The molecule has 7 heteroatoms. The summed E-state index contributed by atoms with van der Waals surface area (Å²) in [5.41, 5.74) is -0.210. The van der Waals surface area contributed by atoms with Crippen molar-refractivity contribution in [2.75, 3.05) is 0 Å². The molecule has 0 fully saturated rings. The highest BCUT2D eigenvalue weighted by atomic mass is 127. The monoisotopic (exact) mass is 366 g/mol. The second kappa shape index (κ2) is 4.71. The van der Waals surface area contributed by atoms with Gasteiger partial charge in [-0.2, -0.15) is 13.2 Å². The molecular formula is C11H6F3IN2O. The molecular weight excluding hydrogens is 360 g/mol. The second-order valence-corrected chi connectivity index (χ2v) is 4.66. The zero-order valence-corrected chi connectivity index (χ0v) is 10.9. The zero-order chi connectivity index (χ0) is 13.3. The van der Waals surface area contributed by atoms with Crippen LogP contribution in [0, 0.1) is 3.57 Å². The number of carbonyl (C=O) groups excluding carboxylic acids is 1. The van der Waals surface area contributed by atoms with E-state index in [9.17, 15) is 18.0 Å². The standard InChI is InChI=1S/C11H6F3IN2O/c12-11(13,14)6-1-2-9(15)8(3-6)10-16-4-7(5-18)17-10/h1-5H,(H,16,17). The highest BCUT2D eigenvalue weighted by molar-refractivity contribution is 14.1. The molecule has 0 amide bonds. The van der Waals surface area contributed by atoms with Crippen molar-refractivity contribution < 1.29 is 18.0 Å². The van der Waals surface area contributed by atoms with Gasteiger partial charge in [0, 0.05) is 9.13 Å². The van der Waals surface area contributed by atoms with E-state index < -0.39 is 11.7 Å². The smallest absolute Gasteiger partial charge is 0.336 e. The Morgan fingerprint density at radius 3 is 2.61 bits per heavy atom. The van der Waals surface area contributed by atoms with Gasteiger partial charge in [-0.1, -0.05) is 0 Å². The molecule has 0 aliphatic rings. The number of imidazole rings is 1. The summed E-state index contributed by atoms with van der Waals surface area (Å²) in [6.45, 7) is 0. The second-order valence-electron chi connectivity index (χ2n) is 3.50. The summed E-state index contributed by atoms with van der Waals surface area (Å²) in [6.07, 6.45) is -2.57. The highest BCUT2D eigenvalue weighted by Crippen LogP contribution is 2.33. The molecule has 2 rings (SSSR count). The molecule has 0 aliphatic heterocycles. The molecule has 1 N–H and O–H groups in total. The molecule has 0 unspecified atom stereocenters. The van der Waals surface area contributed by atoms with E-state index in [1.54, 1.807) is 0 Å². The normalized spacial score (nSPS) is 11.6. The van der Waals surface area contributed by atoms with Gasteiger partial charge in [0.05, 0.1) is 17.5 Å². The minimum atomic E-state index is -4.40. The lowest BCUT2D eigenvalue weighted by molar-refractivity contribution is -0.137. The number of aromatic amines is 1. The van der Waals surface area contributed by atoms with Crippen molar-refractivity contribution >= 4 is 28.9 Å². The van der Waals surface area contributed by atoms with Crippen LogP contribution in [0.15, 0.2) is 24.4 Å². The summed E-state index contributed by atoms with van der Waals surface area (Å²) in [7, 11) is 0. The summed E-state index contributed by atoms with van der Waals surface area (Å²) in [6, 6.07) is 3.38. The molecule has 0 atom stereocenters. The molecule has 2 aromatic rings. The van der Waals surface area contributed by atoms with E-state index >= 15 is 0 Å². The Labute approximate surface area is 114 Å². The number of halogens is 4. The van der Waals surface area contributed by atoms with Crippen molar-refractivity contribution in [3.8, 4) is 11.4 Å². The summed E-state index contributed by atoms with van der Waals surface area (Å²) in [5, 5.41) is 0. The molecule has 94 valence electrons. The third-order valence-corrected chi connectivity index (χ3v) is 3.21. The topological polar surface area (TPSA) is 45.8 Å². The van der Waals surface area contributed by atoms with E-state index in [0.717, 1.165) is 12.1 Å². The molecule has 0 bridgehead atoms. The van der Waals surface area contributed by atoms with Gasteiger partial charge in [-0.15, -0.1) is 0 Å². The summed E-state index contributed by atoms with van der Waals surface area (Å²) in [5.74, 6) is 0.243. The lowest BCUT2D eigenvalue weighted by atomic mass is 10.1. The number of hydrogen-bond donors (Lipinski definition) is 1. The van der Waals surface area contributed by atoms with E-state index in [1.165, 1.54) is 12.3 Å². The first kappa shape index (κ1) is 13.1. The van der Waals surface area contributed by atoms with Crippen LogP contribution in [0.5, 0.6) is 0 Å². The maximum Gasteiger partial charge on any atom is 0.416 e. The molecule has 3 nitrogen and oxygen atoms in total. The van der Waals surface area contributed by atoms with E-state index in [4.69, 9.17) is 0 Å². The van der Waals surface area contributed by atoms with Crippen LogP contribution >= 0.6 is 22.6 Å². The van der Waals surface area contributed by atoms with Gasteiger partial charge >= 0.3 is 6.18 Å². The Kier molecular flexibility index (Phi) is 3.42. The minimum absolute atomic E-state index is 0.221. The van der Waals surface area contributed by atoms with Crippen LogP contribution in [0.1, 0.15) is 16.1 Å². The first-order valence-electron chi connectivity index (χ1n) is 4.79. The average molecular weight is 366 g/mol. The number of carbonyl (C=O) groups is 1. The predicted octanol–water partition coefficient (Wildman–Crippen LogP) is 3.51. The van der Waals surface area contributed by atoms with Crippen molar-refractivity contribution in [2.45, 2.75) is 6.18 Å². The van der Waals surface area contributed by atoms with Gasteiger partial charge < -0.3 is 4.98 Å². The van der Waals surface area contributed by atoms with Gasteiger partial charge in [0.2, 0.25) is 0 Å². The molecule has 18 heavy (non-hydrogen) atoms. The quantitative estimate of drug-likeness (QED) is 0.653. The van der Waals surface area contributed by atoms with E-state index in [2.05, 4.69) is 9.97 Å². The van der Waals surface area contributed by atoms with Crippen LogP contribution in [0.4, 0.5) is 13.2 Å². The fraction of sp³-hybridized carbons (Fsp3) is 0.0909. The van der Waals surface area contributed by atoms with E-state index in [-0.39, 0.29) is 11.5 Å². The van der Waals surface area contributed by atoms with E-state index in [0.29, 0.717) is 15.4 Å². The van der Waals surface area contributed by atoms with Crippen LogP contribution < -0.4 is 0 Å². The lowest BCUT2D eigenvalue weighted by Gasteiger charge is -2.09. The number of nitrogens with zero attached hydrogens (tertiary/aromatic N) is 1. The van der Waals surface area contributed by atoms with Crippen LogP contribution in [0.25, 0.3) is 11.4 Å². The van der Waals surface area contributed by atoms with Crippen LogP contribution in [0.3, 0.4) is 0 Å². The molecule has 0 radical (unpaired) electrons. The van der Waals surface area contributed by atoms with Gasteiger partial charge in [0.25, 0.3) is 0 Å². The van der Waals surface area contributed by atoms with Gasteiger partial charge in [-0.25, -0.2) is 4.98 Å². The molecule has 0 saturated carbocycles. The number of aldehydes is 1. The Bertz CT molecular complexity index is 592.